The average Bonchev–Trinajstić information content (AvgIpc) is 2.55. The molecule has 0 amide bonds. The van der Waals surface area contributed by atoms with Gasteiger partial charge in [-0.3, -0.25) is 4.79 Å². The lowest BCUT2D eigenvalue weighted by molar-refractivity contribution is -0.153. The predicted molar refractivity (Wildman–Crippen MR) is 107 cm³/mol. The highest BCUT2D eigenvalue weighted by molar-refractivity contribution is 14.1. The van der Waals surface area contributed by atoms with E-state index < -0.39 is 0 Å². The Morgan fingerprint density at radius 2 is 1.61 bits per heavy atom. The summed E-state index contributed by atoms with van der Waals surface area (Å²) in [5.41, 5.74) is 0. The zero-order valence-electron chi connectivity index (χ0n) is 14.1. The third-order valence-corrected chi connectivity index (χ3v) is 4.95. The monoisotopic (exact) mass is 428 g/mol. The first-order chi connectivity index (χ1) is 11.2. The number of rotatable bonds is 10. The first-order valence-electron chi connectivity index (χ1n) is 8.67. The van der Waals surface area contributed by atoms with Crippen molar-refractivity contribution in [1.29, 1.82) is 0 Å². The Labute approximate surface area is 154 Å². The van der Waals surface area contributed by atoms with Gasteiger partial charge in [-0.15, -0.1) is 0 Å². The molecule has 128 valence electrons. The number of carbonyl (C=O) groups excluding carboxylic acids is 1. The molecule has 0 N–H and O–H groups in total. The molecule has 0 aromatic carbocycles. The average molecular weight is 428 g/mol. The van der Waals surface area contributed by atoms with Crippen LogP contribution >= 0.6 is 22.6 Å². The van der Waals surface area contributed by atoms with Crippen LogP contribution in [0.2, 0.25) is 0 Å². The second-order valence-electron chi connectivity index (χ2n) is 5.67. The van der Waals surface area contributed by atoms with Gasteiger partial charge >= 0.3 is 5.97 Å². The van der Waals surface area contributed by atoms with Crippen molar-refractivity contribution in [2.24, 2.45) is 0 Å². The van der Waals surface area contributed by atoms with Gasteiger partial charge in [0, 0.05) is 6.42 Å². The van der Waals surface area contributed by atoms with Crippen molar-refractivity contribution < 1.29 is 9.53 Å². The highest BCUT2D eigenvalue weighted by Crippen LogP contribution is 2.24. The molecule has 1 saturated heterocycles. The molecule has 2 atom stereocenters. The maximum Gasteiger partial charge on any atom is 0.306 e. The van der Waals surface area contributed by atoms with E-state index in [0.29, 0.717) is 10.3 Å². The molecule has 3 heteroatoms. The molecule has 0 saturated carbocycles. The van der Waals surface area contributed by atoms with Gasteiger partial charge in [0.25, 0.3) is 0 Å². The maximum absolute atomic E-state index is 11.3. The molecule has 1 heterocycles. The van der Waals surface area contributed by atoms with Gasteiger partial charge in [-0.25, -0.2) is 0 Å². The number of halogens is 1. The number of hydrogen-bond donors (Lipinski definition) is 0. The second-order valence-corrected chi connectivity index (χ2v) is 7.27. The van der Waals surface area contributed by atoms with E-state index in [9.17, 15) is 4.79 Å². The molecule has 0 radical (unpaired) electrons. The summed E-state index contributed by atoms with van der Waals surface area (Å²) in [6.07, 6.45) is 25.4. The van der Waals surface area contributed by atoms with Gasteiger partial charge in [0.05, 0.1) is 3.92 Å². The van der Waals surface area contributed by atoms with Crippen molar-refractivity contribution in [1.82, 2.24) is 0 Å². The van der Waals surface area contributed by atoms with E-state index in [4.69, 9.17) is 4.74 Å². The fraction of sp³-hybridized carbons (Fsp3) is 0.550. The van der Waals surface area contributed by atoms with Crippen LogP contribution in [0.1, 0.15) is 58.3 Å². The van der Waals surface area contributed by atoms with Gasteiger partial charge in [0.15, 0.2) is 0 Å². The summed E-state index contributed by atoms with van der Waals surface area (Å²) >= 11 is 2.40. The van der Waals surface area contributed by atoms with E-state index >= 15 is 0 Å². The van der Waals surface area contributed by atoms with Gasteiger partial charge < -0.3 is 4.74 Å². The number of allylic oxidation sites excluding steroid dienone is 8. The minimum atomic E-state index is -0.0342. The van der Waals surface area contributed by atoms with Crippen molar-refractivity contribution in [3.8, 4) is 0 Å². The Kier molecular flexibility index (Phi) is 11.9. The quantitative estimate of drug-likeness (QED) is 0.182. The molecule has 0 aromatic heterocycles. The van der Waals surface area contributed by atoms with E-state index in [-0.39, 0.29) is 12.1 Å². The lowest BCUT2D eigenvalue weighted by Crippen LogP contribution is -2.30. The molecular weight excluding hydrogens is 399 g/mol. The summed E-state index contributed by atoms with van der Waals surface area (Å²) < 4.78 is 5.78. The van der Waals surface area contributed by atoms with E-state index in [2.05, 4.69) is 78.1 Å². The highest BCUT2D eigenvalue weighted by Gasteiger charge is 2.25. The Morgan fingerprint density at radius 1 is 1.04 bits per heavy atom. The van der Waals surface area contributed by atoms with Crippen LogP contribution in [0.3, 0.4) is 0 Å². The van der Waals surface area contributed by atoms with E-state index in [1.54, 1.807) is 0 Å². The van der Waals surface area contributed by atoms with E-state index in [1.165, 1.54) is 0 Å². The first kappa shape index (κ1) is 20.2. The number of esters is 1. The van der Waals surface area contributed by atoms with Crippen molar-refractivity contribution in [2.45, 2.75) is 68.3 Å². The third kappa shape index (κ3) is 10.5. The first-order valence-corrected chi connectivity index (χ1v) is 9.92. The lowest BCUT2D eigenvalue weighted by atomic mass is 10.0. The Bertz CT molecular complexity index is 435. The SMILES string of the molecule is CCC=CCC=CCC=CCC=CCC(I)C1CCCC(=O)O1. The zero-order chi connectivity index (χ0) is 16.8. The largest absolute Gasteiger partial charge is 0.461 e. The molecule has 0 spiro atoms. The second kappa shape index (κ2) is 13.6. The number of ether oxygens (including phenoxy) is 1. The van der Waals surface area contributed by atoms with Crippen LogP contribution in [0.5, 0.6) is 0 Å². The van der Waals surface area contributed by atoms with E-state index in [0.717, 1.165) is 44.9 Å². The lowest BCUT2D eigenvalue weighted by Gasteiger charge is -2.25. The number of cyclic esters (lactones) is 1. The maximum atomic E-state index is 11.3. The van der Waals surface area contributed by atoms with Crippen molar-refractivity contribution in [2.75, 3.05) is 0 Å². The van der Waals surface area contributed by atoms with Crippen LogP contribution in [0.15, 0.2) is 48.6 Å². The molecular formula is C20H29IO2. The van der Waals surface area contributed by atoms with Gasteiger partial charge in [-0.1, -0.05) is 78.1 Å². The summed E-state index contributed by atoms with van der Waals surface area (Å²) in [4.78, 5) is 11.3. The van der Waals surface area contributed by atoms with Crippen LogP contribution in [0.4, 0.5) is 0 Å². The molecule has 2 unspecified atom stereocenters. The van der Waals surface area contributed by atoms with Gasteiger partial charge in [0.2, 0.25) is 0 Å². The zero-order valence-corrected chi connectivity index (χ0v) is 16.3. The topological polar surface area (TPSA) is 26.3 Å². The molecule has 1 aliphatic rings. The van der Waals surface area contributed by atoms with Gasteiger partial charge in [-0.2, -0.15) is 0 Å². The Hall–Kier alpha value is -0.840. The molecule has 23 heavy (non-hydrogen) atoms. The highest BCUT2D eigenvalue weighted by atomic mass is 127. The number of hydrogen-bond acceptors (Lipinski definition) is 2. The van der Waals surface area contributed by atoms with Crippen LogP contribution in [-0.2, 0) is 9.53 Å². The predicted octanol–water partition coefficient (Wildman–Crippen LogP) is 6.08. The van der Waals surface area contributed by atoms with Crippen molar-refractivity contribution in [3.63, 3.8) is 0 Å². The Balaban J connectivity index is 2.08. The standard InChI is InChI=1S/C20H29IO2/c1-2-3-4-5-6-7-8-9-10-11-12-13-15-18(21)19-16-14-17-20(22)23-19/h3-4,6-7,9-10,12-13,18-19H,2,5,8,11,14-17H2,1H3. The summed E-state index contributed by atoms with van der Waals surface area (Å²) in [5.74, 6) is -0.0342. The molecule has 2 nitrogen and oxygen atoms in total. The fourth-order valence-corrected chi connectivity index (χ4v) is 3.15. The molecule has 0 bridgehead atoms. The van der Waals surface area contributed by atoms with Crippen LogP contribution < -0.4 is 0 Å². The van der Waals surface area contributed by atoms with Crippen LogP contribution in [0, 0.1) is 0 Å². The Morgan fingerprint density at radius 3 is 2.17 bits per heavy atom. The summed E-state index contributed by atoms with van der Waals surface area (Å²) in [7, 11) is 0. The van der Waals surface area contributed by atoms with Crippen molar-refractivity contribution >= 4 is 28.6 Å². The summed E-state index contributed by atoms with van der Waals surface area (Å²) in [6, 6.07) is 0. The molecule has 1 aliphatic heterocycles. The number of alkyl halides is 1. The van der Waals surface area contributed by atoms with Crippen LogP contribution in [0.25, 0.3) is 0 Å². The van der Waals surface area contributed by atoms with Gasteiger partial charge in [-0.05, 0) is 44.9 Å². The molecule has 0 aromatic rings. The summed E-state index contributed by atoms with van der Waals surface area (Å²) in [6.45, 7) is 2.15. The van der Waals surface area contributed by atoms with Gasteiger partial charge in [0.1, 0.15) is 6.10 Å². The molecule has 1 fully saturated rings. The molecule has 0 aliphatic carbocycles. The minimum absolute atomic E-state index is 0.0342. The fourth-order valence-electron chi connectivity index (χ4n) is 2.35. The normalized spacial score (nSPS) is 21.0. The van der Waals surface area contributed by atoms with E-state index in [1.807, 2.05) is 0 Å². The van der Waals surface area contributed by atoms with Crippen LogP contribution in [-0.4, -0.2) is 16.0 Å². The number of carbonyl (C=O) groups is 1. The summed E-state index contributed by atoms with van der Waals surface area (Å²) in [5, 5.41) is 0. The molecule has 1 rings (SSSR count). The smallest absolute Gasteiger partial charge is 0.306 e. The minimum Gasteiger partial charge on any atom is -0.461 e. The van der Waals surface area contributed by atoms with Crippen molar-refractivity contribution in [3.05, 3.63) is 48.6 Å². The third-order valence-electron chi connectivity index (χ3n) is 3.64.